The number of benzene rings is 2. The lowest BCUT2D eigenvalue weighted by Crippen LogP contribution is -2.42. The van der Waals surface area contributed by atoms with Gasteiger partial charge >= 0.3 is 5.97 Å². The fourth-order valence-corrected chi connectivity index (χ4v) is 3.33. The first-order chi connectivity index (χ1) is 13.3. The fourth-order valence-electron chi connectivity index (χ4n) is 2.80. The number of carboxylic acids is 1. The molecule has 0 saturated heterocycles. The van der Waals surface area contributed by atoms with Gasteiger partial charge in [0, 0.05) is 29.6 Å². The quantitative estimate of drug-likeness (QED) is 0.573. The molecule has 3 N–H and O–H groups in total. The van der Waals surface area contributed by atoms with Crippen molar-refractivity contribution in [3.8, 4) is 11.1 Å². The van der Waals surface area contributed by atoms with Gasteiger partial charge in [0.05, 0.1) is 0 Å². The number of aliphatic hydroxyl groups is 1. The van der Waals surface area contributed by atoms with Gasteiger partial charge in [0.1, 0.15) is 6.61 Å². The Labute approximate surface area is 173 Å². The zero-order valence-corrected chi connectivity index (χ0v) is 16.7. The topological polar surface area (TPSA) is 95.9 Å². The third-order valence-electron chi connectivity index (χ3n) is 4.07. The Morgan fingerprint density at radius 2 is 1.68 bits per heavy atom. The molecule has 0 fully saturated rings. The van der Waals surface area contributed by atoms with Crippen LogP contribution in [0.25, 0.3) is 11.1 Å². The number of hydrogen-bond donors (Lipinski definition) is 3. The number of aliphatic hydroxyl groups excluding tert-OH is 1. The SMILES string of the molecule is COCC(=O)N[C@@H](Cc1ccc(-c2cc(Cl)cc(Cl)c2)cc1)CC(O)C(=O)O. The molecule has 28 heavy (non-hydrogen) atoms. The van der Waals surface area contributed by atoms with Crippen molar-refractivity contribution in [2.24, 2.45) is 0 Å². The van der Waals surface area contributed by atoms with Crippen molar-refractivity contribution in [1.82, 2.24) is 5.32 Å². The number of carboxylic acid groups (broad SMARTS) is 1. The summed E-state index contributed by atoms with van der Waals surface area (Å²) in [4.78, 5) is 22.8. The molecule has 2 aromatic rings. The zero-order valence-electron chi connectivity index (χ0n) is 15.2. The zero-order chi connectivity index (χ0) is 20.7. The summed E-state index contributed by atoms with van der Waals surface area (Å²) in [6.07, 6.45) is -1.33. The average molecular weight is 426 g/mol. The van der Waals surface area contributed by atoms with Crippen LogP contribution in [0.5, 0.6) is 0 Å². The highest BCUT2D eigenvalue weighted by molar-refractivity contribution is 6.35. The Kier molecular flexibility index (Phi) is 8.26. The molecule has 0 aromatic heterocycles. The van der Waals surface area contributed by atoms with E-state index in [9.17, 15) is 14.7 Å². The van der Waals surface area contributed by atoms with Gasteiger partial charge in [-0.15, -0.1) is 0 Å². The maximum atomic E-state index is 11.8. The van der Waals surface area contributed by atoms with Crippen molar-refractivity contribution >= 4 is 35.1 Å². The number of halogens is 2. The van der Waals surface area contributed by atoms with Gasteiger partial charge in [-0.05, 0) is 41.3 Å². The maximum Gasteiger partial charge on any atom is 0.332 e. The Hall–Kier alpha value is -2.12. The minimum atomic E-state index is -1.57. The number of methoxy groups -OCH3 is 1. The molecule has 1 amide bonds. The monoisotopic (exact) mass is 425 g/mol. The van der Waals surface area contributed by atoms with Gasteiger partial charge in [-0.25, -0.2) is 4.79 Å². The number of amides is 1. The molecule has 0 spiro atoms. The Balaban J connectivity index is 2.14. The van der Waals surface area contributed by atoms with Crippen molar-refractivity contribution in [3.63, 3.8) is 0 Å². The van der Waals surface area contributed by atoms with Crippen LogP contribution in [0.1, 0.15) is 12.0 Å². The van der Waals surface area contributed by atoms with E-state index in [4.69, 9.17) is 33.0 Å². The molecule has 0 aliphatic carbocycles. The third-order valence-corrected chi connectivity index (χ3v) is 4.50. The largest absolute Gasteiger partial charge is 0.479 e. The van der Waals surface area contributed by atoms with E-state index in [1.54, 1.807) is 18.2 Å². The van der Waals surface area contributed by atoms with Crippen molar-refractivity contribution in [3.05, 3.63) is 58.1 Å². The van der Waals surface area contributed by atoms with Crippen LogP contribution < -0.4 is 5.32 Å². The van der Waals surface area contributed by atoms with Gasteiger partial charge in [-0.2, -0.15) is 0 Å². The van der Waals surface area contributed by atoms with Crippen LogP contribution in [0.2, 0.25) is 10.0 Å². The highest BCUT2D eigenvalue weighted by Gasteiger charge is 2.22. The van der Waals surface area contributed by atoms with Crippen LogP contribution >= 0.6 is 23.2 Å². The molecule has 8 heteroatoms. The van der Waals surface area contributed by atoms with E-state index in [1.807, 2.05) is 24.3 Å². The van der Waals surface area contributed by atoms with Gasteiger partial charge < -0.3 is 20.3 Å². The van der Waals surface area contributed by atoms with Crippen LogP contribution in [-0.4, -0.2) is 48.0 Å². The molecule has 2 aromatic carbocycles. The fraction of sp³-hybridized carbons (Fsp3) is 0.300. The van der Waals surface area contributed by atoms with Crippen LogP contribution in [0.15, 0.2) is 42.5 Å². The molecular formula is C20H21Cl2NO5. The van der Waals surface area contributed by atoms with Crippen molar-refractivity contribution < 1.29 is 24.5 Å². The number of aliphatic carboxylic acids is 1. The van der Waals surface area contributed by atoms with E-state index >= 15 is 0 Å². The minimum Gasteiger partial charge on any atom is -0.479 e. The summed E-state index contributed by atoms with van der Waals surface area (Å²) in [5, 5.41) is 22.4. The molecule has 0 saturated carbocycles. The summed E-state index contributed by atoms with van der Waals surface area (Å²) in [5.41, 5.74) is 2.66. The lowest BCUT2D eigenvalue weighted by atomic mass is 9.98. The standard InChI is InChI=1S/C20H21Cl2NO5/c1-28-11-19(25)23-17(10-18(24)20(26)27)6-12-2-4-13(5-3-12)14-7-15(21)9-16(22)8-14/h2-5,7-9,17-18,24H,6,10-11H2,1H3,(H,23,25)(H,26,27)/t17-,18?/m0/s1. The van der Waals surface area contributed by atoms with E-state index in [0.29, 0.717) is 16.5 Å². The number of carbonyl (C=O) groups excluding carboxylic acids is 1. The molecule has 2 atom stereocenters. The molecule has 0 aliphatic rings. The maximum absolute atomic E-state index is 11.8. The van der Waals surface area contributed by atoms with E-state index in [-0.39, 0.29) is 18.9 Å². The highest BCUT2D eigenvalue weighted by Crippen LogP contribution is 2.27. The molecule has 2 rings (SSSR count). The van der Waals surface area contributed by atoms with Gasteiger partial charge in [-0.3, -0.25) is 4.79 Å². The second-order valence-corrected chi connectivity index (χ2v) is 7.22. The van der Waals surface area contributed by atoms with E-state index < -0.39 is 18.1 Å². The van der Waals surface area contributed by atoms with Gasteiger partial charge in [0.25, 0.3) is 0 Å². The summed E-state index contributed by atoms with van der Waals surface area (Å²) in [6.45, 7) is -0.145. The lowest BCUT2D eigenvalue weighted by molar-refractivity contribution is -0.147. The molecule has 0 radical (unpaired) electrons. The molecule has 0 aliphatic heterocycles. The molecular weight excluding hydrogens is 405 g/mol. The number of rotatable bonds is 9. The van der Waals surface area contributed by atoms with Gasteiger partial charge in [0.2, 0.25) is 5.91 Å². The van der Waals surface area contributed by atoms with E-state index in [0.717, 1.165) is 16.7 Å². The summed E-state index contributed by atoms with van der Waals surface area (Å²) >= 11 is 12.1. The molecule has 0 bridgehead atoms. The number of ether oxygens (including phenoxy) is 1. The smallest absolute Gasteiger partial charge is 0.332 e. The number of hydrogen-bond acceptors (Lipinski definition) is 4. The molecule has 0 heterocycles. The Morgan fingerprint density at radius 1 is 1.07 bits per heavy atom. The molecule has 6 nitrogen and oxygen atoms in total. The van der Waals surface area contributed by atoms with Gasteiger partial charge in [0.15, 0.2) is 6.10 Å². The molecule has 1 unspecified atom stereocenters. The van der Waals surface area contributed by atoms with Crippen molar-refractivity contribution in [2.45, 2.75) is 25.0 Å². The highest BCUT2D eigenvalue weighted by atomic mass is 35.5. The van der Waals surface area contributed by atoms with Crippen LogP contribution in [0.3, 0.4) is 0 Å². The van der Waals surface area contributed by atoms with E-state index in [1.165, 1.54) is 7.11 Å². The van der Waals surface area contributed by atoms with Crippen molar-refractivity contribution in [2.75, 3.05) is 13.7 Å². The minimum absolute atomic E-state index is 0.115. The second kappa shape index (κ2) is 10.4. The first-order valence-corrected chi connectivity index (χ1v) is 9.28. The van der Waals surface area contributed by atoms with Crippen LogP contribution in [0.4, 0.5) is 0 Å². The van der Waals surface area contributed by atoms with Gasteiger partial charge in [-0.1, -0.05) is 47.5 Å². The lowest BCUT2D eigenvalue weighted by Gasteiger charge is -2.20. The Morgan fingerprint density at radius 3 is 2.21 bits per heavy atom. The summed E-state index contributed by atoms with van der Waals surface area (Å²) < 4.78 is 4.78. The first kappa shape index (κ1) is 22.2. The number of carbonyl (C=O) groups is 2. The predicted molar refractivity (Wildman–Crippen MR) is 108 cm³/mol. The predicted octanol–water partition coefficient (Wildman–Crippen LogP) is 3.17. The van der Waals surface area contributed by atoms with Crippen LogP contribution in [-0.2, 0) is 20.7 Å². The van der Waals surface area contributed by atoms with E-state index in [2.05, 4.69) is 5.32 Å². The first-order valence-electron chi connectivity index (χ1n) is 8.53. The molecule has 150 valence electrons. The number of nitrogens with one attached hydrogen (secondary N) is 1. The summed E-state index contributed by atoms with van der Waals surface area (Å²) in [6, 6.07) is 12.2. The average Bonchev–Trinajstić information content (AvgIpc) is 2.61. The normalized spacial score (nSPS) is 13.0. The summed E-state index contributed by atoms with van der Waals surface area (Å²) in [5.74, 6) is -1.71. The second-order valence-electron chi connectivity index (χ2n) is 6.35. The Bertz CT molecular complexity index is 806. The van der Waals surface area contributed by atoms with Crippen LogP contribution in [0, 0.1) is 0 Å². The summed E-state index contributed by atoms with van der Waals surface area (Å²) in [7, 11) is 1.39. The van der Waals surface area contributed by atoms with Crippen molar-refractivity contribution in [1.29, 1.82) is 0 Å². The third kappa shape index (κ3) is 6.80.